The average Bonchev–Trinajstić information content (AvgIpc) is 2.58. The van der Waals surface area contributed by atoms with Gasteiger partial charge in [0.15, 0.2) is 0 Å². The fraction of sp³-hybridized carbons (Fsp3) is 0.381. The van der Waals surface area contributed by atoms with Crippen LogP contribution in [0.5, 0.6) is 0 Å². The maximum atomic E-state index is 12.7. The molecule has 1 saturated heterocycles. The van der Waals surface area contributed by atoms with Gasteiger partial charge in [-0.1, -0.05) is 12.1 Å². The number of piperidine rings is 1. The Labute approximate surface area is 163 Å². The summed E-state index contributed by atoms with van der Waals surface area (Å²) in [6.07, 6.45) is 3.64. The normalized spacial score (nSPS) is 20.1. The number of hydrogen-bond donors (Lipinski definition) is 2. The Hall–Kier alpha value is -2.01. The number of nitrogens with two attached hydrogens (primary N) is 1. The van der Waals surface area contributed by atoms with Crippen LogP contribution in [0, 0.1) is 6.92 Å². The summed E-state index contributed by atoms with van der Waals surface area (Å²) in [7, 11) is 0. The quantitative estimate of drug-likeness (QED) is 0.663. The summed E-state index contributed by atoms with van der Waals surface area (Å²) in [6, 6.07) is 12.3. The van der Waals surface area contributed by atoms with E-state index in [1.54, 1.807) is 6.07 Å². The van der Waals surface area contributed by atoms with Crippen molar-refractivity contribution in [2.75, 3.05) is 16.0 Å². The highest BCUT2D eigenvalue weighted by Gasteiger charge is 2.26. The Morgan fingerprint density at radius 3 is 2.50 bits per heavy atom. The number of halogens is 1. The molecule has 2 atom stereocenters. The topological polar surface area (TPSA) is 58.4 Å². The van der Waals surface area contributed by atoms with Crippen LogP contribution in [0.25, 0.3) is 0 Å². The van der Waals surface area contributed by atoms with E-state index in [1.807, 2.05) is 30.3 Å². The van der Waals surface area contributed by atoms with Crippen LogP contribution in [-0.4, -0.2) is 18.0 Å². The van der Waals surface area contributed by atoms with Gasteiger partial charge in [-0.05, 0) is 85.8 Å². The molecule has 1 fully saturated rings. The van der Waals surface area contributed by atoms with E-state index in [4.69, 9.17) is 5.73 Å². The number of amides is 1. The molecule has 0 aliphatic carbocycles. The van der Waals surface area contributed by atoms with Gasteiger partial charge in [0, 0.05) is 22.2 Å². The molecular formula is C21H26BrN3O. The van der Waals surface area contributed by atoms with Crippen LogP contribution in [0.15, 0.2) is 40.9 Å². The first-order valence-corrected chi connectivity index (χ1v) is 9.92. The first kappa shape index (κ1) is 18.8. The van der Waals surface area contributed by atoms with Gasteiger partial charge < -0.3 is 16.0 Å². The molecule has 0 bridgehead atoms. The zero-order chi connectivity index (χ0) is 18.8. The minimum Gasteiger partial charge on any atom is -0.397 e. The van der Waals surface area contributed by atoms with Gasteiger partial charge in [-0.3, -0.25) is 4.79 Å². The third-order valence-electron chi connectivity index (χ3n) is 5.21. The summed E-state index contributed by atoms with van der Waals surface area (Å²) < 4.78 is 0.765. The minimum atomic E-state index is -0.168. The Morgan fingerprint density at radius 1 is 1.19 bits per heavy atom. The van der Waals surface area contributed by atoms with Gasteiger partial charge in [-0.15, -0.1) is 0 Å². The van der Waals surface area contributed by atoms with Crippen LogP contribution in [0.4, 0.5) is 17.1 Å². The standard InChI is InChI=1S/C21H26BrN3O/c1-13-11-18(23)19(24-21(26)16-9-4-5-10-17(16)22)12-20(13)25-14(2)7-6-8-15(25)3/h4-5,9-12,14-15H,6-8,23H2,1-3H3,(H,24,26)/t14-,15-/m0/s1. The van der Waals surface area contributed by atoms with Crippen molar-refractivity contribution in [3.63, 3.8) is 0 Å². The number of hydrogen-bond acceptors (Lipinski definition) is 3. The van der Waals surface area contributed by atoms with Gasteiger partial charge in [0.1, 0.15) is 0 Å². The maximum Gasteiger partial charge on any atom is 0.256 e. The number of rotatable bonds is 3. The predicted molar refractivity (Wildman–Crippen MR) is 113 cm³/mol. The maximum absolute atomic E-state index is 12.7. The molecule has 2 aromatic rings. The highest BCUT2D eigenvalue weighted by molar-refractivity contribution is 9.10. The molecule has 138 valence electrons. The van der Waals surface area contributed by atoms with Gasteiger partial charge >= 0.3 is 0 Å². The van der Waals surface area contributed by atoms with Crippen molar-refractivity contribution in [1.82, 2.24) is 0 Å². The fourth-order valence-corrected chi connectivity index (χ4v) is 4.30. The Morgan fingerprint density at radius 2 is 1.85 bits per heavy atom. The second-order valence-electron chi connectivity index (χ2n) is 7.20. The number of carbonyl (C=O) groups is 1. The van der Waals surface area contributed by atoms with Crippen LogP contribution in [-0.2, 0) is 0 Å². The SMILES string of the molecule is Cc1cc(N)c(NC(=O)c2ccccc2Br)cc1N1[C@@H](C)CCC[C@@H]1C. The second-order valence-corrected chi connectivity index (χ2v) is 8.05. The van der Waals surface area contributed by atoms with Crippen LogP contribution >= 0.6 is 15.9 Å². The summed E-state index contributed by atoms with van der Waals surface area (Å²) in [5, 5.41) is 2.98. The highest BCUT2D eigenvalue weighted by Crippen LogP contribution is 2.36. The molecule has 0 radical (unpaired) electrons. The molecule has 1 aliphatic rings. The monoisotopic (exact) mass is 415 g/mol. The summed E-state index contributed by atoms with van der Waals surface area (Å²) in [4.78, 5) is 15.1. The lowest BCUT2D eigenvalue weighted by Crippen LogP contribution is -2.44. The molecule has 1 amide bonds. The van der Waals surface area contributed by atoms with Crippen LogP contribution in [0.1, 0.15) is 49.0 Å². The summed E-state index contributed by atoms with van der Waals surface area (Å²) in [5.41, 5.74) is 10.3. The zero-order valence-electron chi connectivity index (χ0n) is 15.6. The molecule has 4 nitrogen and oxygen atoms in total. The molecule has 1 heterocycles. The van der Waals surface area contributed by atoms with Crippen LogP contribution in [0.2, 0.25) is 0 Å². The van der Waals surface area contributed by atoms with Crippen molar-refractivity contribution in [3.8, 4) is 0 Å². The molecule has 0 spiro atoms. The van der Waals surface area contributed by atoms with E-state index >= 15 is 0 Å². The van der Waals surface area contributed by atoms with Gasteiger partial charge in [-0.25, -0.2) is 0 Å². The van der Waals surface area contributed by atoms with Crippen molar-refractivity contribution in [1.29, 1.82) is 0 Å². The van der Waals surface area contributed by atoms with E-state index in [0.29, 0.717) is 29.0 Å². The number of nitrogens with one attached hydrogen (secondary N) is 1. The molecule has 1 aliphatic heterocycles. The predicted octanol–water partition coefficient (Wildman–Crippen LogP) is 5.36. The van der Waals surface area contributed by atoms with E-state index in [9.17, 15) is 4.79 Å². The fourth-order valence-electron chi connectivity index (χ4n) is 3.84. The first-order valence-electron chi connectivity index (χ1n) is 9.13. The van der Waals surface area contributed by atoms with E-state index in [1.165, 1.54) is 19.3 Å². The second kappa shape index (κ2) is 7.70. The number of nitrogens with zero attached hydrogens (tertiary/aromatic N) is 1. The molecule has 5 heteroatoms. The minimum absolute atomic E-state index is 0.168. The molecule has 2 aromatic carbocycles. The van der Waals surface area contributed by atoms with Gasteiger partial charge in [0.2, 0.25) is 0 Å². The largest absolute Gasteiger partial charge is 0.397 e. The lowest BCUT2D eigenvalue weighted by molar-refractivity contribution is 0.102. The zero-order valence-corrected chi connectivity index (χ0v) is 17.1. The lowest BCUT2D eigenvalue weighted by Gasteiger charge is -2.42. The van der Waals surface area contributed by atoms with Crippen molar-refractivity contribution < 1.29 is 4.79 Å². The molecule has 3 rings (SSSR count). The van der Waals surface area contributed by atoms with Gasteiger partial charge in [0.05, 0.1) is 16.9 Å². The van der Waals surface area contributed by atoms with Crippen LogP contribution < -0.4 is 16.0 Å². The number of carbonyl (C=O) groups excluding carboxylic acids is 1. The first-order chi connectivity index (χ1) is 12.4. The van der Waals surface area contributed by atoms with E-state index in [2.05, 4.69) is 46.9 Å². The van der Waals surface area contributed by atoms with Crippen LogP contribution in [0.3, 0.4) is 0 Å². The average molecular weight is 416 g/mol. The molecule has 26 heavy (non-hydrogen) atoms. The molecule has 3 N–H and O–H groups in total. The van der Waals surface area contributed by atoms with Crippen molar-refractivity contribution >= 4 is 38.9 Å². The molecular weight excluding hydrogens is 390 g/mol. The summed E-state index contributed by atoms with van der Waals surface area (Å²) >= 11 is 3.43. The number of benzene rings is 2. The number of nitrogen functional groups attached to an aromatic ring is 1. The third kappa shape index (κ3) is 3.73. The molecule has 0 unspecified atom stereocenters. The molecule has 0 saturated carbocycles. The summed E-state index contributed by atoms with van der Waals surface area (Å²) in [5.74, 6) is -0.168. The van der Waals surface area contributed by atoms with E-state index in [-0.39, 0.29) is 5.91 Å². The smallest absolute Gasteiger partial charge is 0.256 e. The van der Waals surface area contributed by atoms with E-state index < -0.39 is 0 Å². The molecule has 0 aromatic heterocycles. The van der Waals surface area contributed by atoms with Crippen molar-refractivity contribution in [2.24, 2.45) is 0 Å². The summed E-state index contributed by atoms with van der Waals surface area (Å²) in [6.45, 7) is 6.62. The van der Waals surface area contributed by atoms with E-state index in [0.717, 1.165) is 15.7 Å². The Bertz CT molecular complexity index is 811. The van der Waals surface area contributed by atoms with Gasteiger partial charge in [0.25, 0.3) is 5.91 Å². The third-order valence-corrected chi connectivity index (χ3v) is 5.90. The highest BCUT2D eigenvalue weighted by atomic mass is 79.9. The van der Waals surface area contributed by atoms with Crippen molar-refractivity contribution in [3.05, 3.63) is 52.0 Å². The number of aryl methyl sites for hydroxylation is 1. The lowest BCUT2D eigenvalue weighted by atomic mass is 9.95. The number of anilines is 3. The Kier molecular flexibility index (Phi) is 5.56. The Balaban J connectivity index is 1.93. The van der Waals surface area contributed by atoms with Gasteiger partial charge in [-0.2, -0.15) is 0 Å². The van der Waals surface area contributed by atoms with Crippen molar-refractivity contribution in [2.45, 2.75) is 52.1 Å².